The monoisotopic (exact) mass is 275 g/mol. The van der Waals surface area contributed by atoms with Gasteiger partial charge in [-0.1, -0.05) is 12.1 Å². The maximum atomic E-state index is 10.1. The van der Waals surface area contributed by atoms with Gasteiger partial charge in [-0.15, -0.1) is 0 Å². The number of aromatic nitrogens is 1. The van der Waals surface area contributed by atoms with E-state index in [2.05, 4.69) is 4.98 Å². The number of hydrogen-bond donors (Lipinski definition) is 1. The molecule has 0 spiro atoms. The van der Waals surface area contributed by atoms with Gasteiger partial charge < -0.3 is 19.0 Å². The molecule has 1 aromatic carbocycles. The number of aliphatic hydroxyl groups is 1. The lowest BCUT2D eigenvalue weighted by molar-refractivity contribution is -0.105. The molecule has 0 bridgehead atoms. The van der Waals surface area contributed by atoms with Crippen LogP contribution in [0.4, 0.5) is 0 Å². The Kier molecular flexibility index (Phi) is 3.99. The summed E-state index contributed by atoms with van der Waals surface area (Å²) in [6.45, 7) is 0.757. The van der Waals surface area contributed by atoms with Crippen molar-refractivity contribution in [3.8, 4) is 5.75 Å². The first-order valence-corrected chi connectivity index (χ1v) is 6.77. The van der Waals surface area contributed by atoms with Crippen molar-refractivity contribution in [2.75, 3.05) is 6.61 Å². The Bertz CT molecular complexity index is 517. The van der Waals surface area contributed by atoms with E-state index in [0.717, 1.165) is 37.2 Å². The zero-order valence-electron chi connectivity index (χ0n) is 11.1. The minimum atomic E-state index is -0.808. The van der Waals surface area contributed by atoms with Crippen molar-refractivity contribution in [2.24, 2.45) is 0 Å². The second kappa shape index (κ2) is 6.07. The van der Waals surface area contributed by atoms with E-state index in [9.17, 15) is 5.11 Å². The third kappa shape index (κ3) is 3.00. The van der Waals surface area contributed by atoms with Crippen molar-refractivity contribution in [3.05, 3.63) is 48.2 Å². The molecule has 1 aliphatic rings. The number of aliphatic hydroxyl groups excluding tert-OH is 1. The number of rotatable bonds is 4. The fourth-order valence-corrected chi connectivity index (χ4v) is 2.21. The quantitative estimate of drug-likeness (QED) is 0.929. The molecule has 1 saturated heterocycles. The van der Waals surface area contributed by atoms with E-state index in [-0.39, 0.29) is 6.29 Å². The molecule has 1 aliphatic heterocycles. The summed E-state index contributed by atoms with van der Waals surface area (Å²) in [6, 6.07) is 7.27. The van der Waals surface area contributed by atoms with Crippen LogP contribution in [0, 0.1) is 0 Å². The lowest BCUT2D eigenvalue weighted by Crippen LogP contribution is -2.24. The van der Waals surface area contributed by atoms with Gasteiger partial charge in [0.15, 0.2) is 18.4 Å². The number of ether oxygens (including phenoxy) is 2. The van der Waals surface area contributed by atoms with Gasteiger partial charge in [-0.25, -0.2) is 4.98 Å². The summed E-state index contributed by atoms with van der Waals surface area (Å²) in [7, 11) is 0. The van der Waals surface area contributed by atoms with Crippen LogP contribution in [-0.2, 0) is 4.74 Å². The average molecular weight is 275 g/mol. The van der Waals surface area contributed by atoms with Crippen molar-refractivity contribution in [2.45, 2.75) is 31.7 Å². The second-order valence-electron chi connectivity index (χ2n) is 4.79. The van der Waals surface area contributed by atoms with Crippen molar-refractivity contribution in [3.63, 3.8) is 0 Å². The second-order valence-corrected chi connectivity index (χ2v) is 4.79. The van der Waals surface area contributed by atoms with Crippen LogP contribution in [0.1, 0.15) is 36.7 Å². The number of hydrogen-bond acceptors (Lipinski definition) is 5. The predicted octanol–water partition coefficient (Wildman–Crippen LogP) is 2.66. The number of benzene rings is 1. The molecular formula is C15H17NO4. The van der Waals surface area contributed by atoms with E-state index in [1.807, 2.05) is 24.3 Å². The zero-order valence-corrected chi connectivity index (χ0v) is 11.1. The van der Waals surface area contributed by atoms with Crippen molar-refractivity contribution in [1.82, 2.24) is 4.98 Å². The van der Waals surface area contributed by atoms with E-state index in [4.69, 9.17) is 13.9 Å². The van der Waals surface area contributed by atoms with Gasteiger partial charge >= 0.3 is 0 Å². The van der Waals surface area contributed by atoms with E-state index >= 15 is 0 Å². The SMILES string of the molecule is OC(c1ccc(OC2CCCCO2)cc1)c1cnco1. The Hall–Kier alpha value is -1.85. The molecule has 3 rings (SSSR count). The molecule has 2 atom stereocenters. The molecule has 2 unspecified atom stereocenters. The predicted molar refractivity (Wildman–Crippen MR) is 71.2 cm³/mol. The molecule has 5 heteroatoms. The van der Waals surface area contributed by atoms with Crippen LogP contribution < -0.4 is 4.74 Å². The van der Waals surface area contributed by atoms with E-state index in [1.165, 1.54) is 12.6 Å². The maximum absolute atomic E-state index is 10.1. The molecule has 0 amide bonds. The largest absolute Gasteiger partial charge is 0.465 e. The molecule has 0 saturated carbocycles. The van der Waals surface area contributed by atoms with Crippen LogP contribution in [0.15, 0.2) is 41.3 Å². The van der Waals surface area contributed by atoms with Gasteiger partial charge in [0, 0.05) is 6.42 Å². The van der Waals surface area contributed by atoms with Crippen molar-refractivity contribution < 1.29 is 19.0 Å². The Balaban J connectivity index is 1.65. The molecule has 2 aromatic rings. The standard InChI is InChI=1S/C15H17NO4/c17-15(13-9-16-10-19-13)11-4-6-12(7-5-11)20-14-3-1-2-8-18-14/h4-7,9-10,14-15,17H,1-3,8H2. The Labute approximate surface area is 117 Å². The van der Waals surface area contributed by atoms with Gasteiger partial charge in [-0.2, -0.15) is 0 Å². The average Bonchev–Trinajstić information content (AvgIpc) is 3.03. The van der Waals surface area contributed by atoms with Gasteiger partial charge in [0.05, 0.1) is 12.8 Å². The van der Waals surface area contributed by atoms with Crippen LogP contribution in [-0.4, -0.2) is 23.0 Å². The van der Waals surface area contributed by atoms with Crippen LogP contribution in [0.5, 0.6) is 5.75 Å². The number of oxazole rings is 1. The van der Waals surface area contributed by atoms with Crippen molar-refractivity contribution >= 4 is 0 Å². The molecule has 106 valence electrons. The lowest BCUT2D eigenvalue weighted by atomic mass is 10.1. The van der Waals surface area contributed by atoms with Gasteiger partial charge in [-0.05, 0) is 30.5 Å². The molecule has 1 aromatic heterocycles. The van der Waals surface area contributed by atoms with Crippen molar-refractivity contribution in [1.29, 1.82) is 0 Å². The summed E-state index contributed by atoms with van der Waals surface area (Å²) in [5, 5.41) is 10.1. The fraction of sp³-hybridized carbons (Fsp3) is 0.400. The smallest absolute Gasteiger partial charge is 0.199 e. The topological polar surface area (TPSA) is 64.7 Å². The molecule has 2 heterocycles. The highest BCUT2D eigenvalue weighted by Crippen LogP contribution is 2.25. The minimum Gasteiger partial charge on any atom is -0.465 e. The molecule has 1 N–H and O–H groups in total. The normalized spacial score (nSPS) is 20.6. The molecular weight excluding hydrogens is 258 g/mol. The van der Waals surface area contributed by atoms with Gasteiger partial charge in [0.25, 0.3) is 0 Å². The van der Waals surface area contributed by atoms with E-state index in [1.54, 1.807) is 0 Å². The maximum Gasteiger partial charge on any atom is 0.199 e. The lowest BCUT2D eigenvalue weighted by Gasteiger charge is -2.23. The first kappa shape index (κ1) is 13.1. The first-order valence-electron chi connectivity index (χ1n) is 6.77. The summed E-state index contributed by atoms with van der Waals surface area (Å²) >= 11 is 0. The Morgan fingerprint density at radius 2 is 2.10 bits per heavy atom. The van der Waals surface area contributed by atoms with Crippen LogP contribution in [0.3, 0.4) is 0 Å². The summed E-state index contributed by atoms with van der Waals surface area (Å²) in [5.74, 6) is 1.17. The minimum absolute atomic E-state index is 0.159. The third-order valence-corrected chi connectivity index (χ3v) is 3.32. The van der Waals surface area contributed by atoms with Crippen LogP contribution in [0.2, 0.25) is 0 Å². The van der Waals surface area contributed by atoms with Gasteiger partial charge in [0.2, 0.25) is 0 Å². The third-order valence-electron chi connectivity index (χ3n) is 3.32. The Morgan fingerprint density at radius 1 is 1.25 bits per heavy atom. The van der Waals surface area contributed by atoms with Gasteiger partial charge in [0.1, 0.15) is 11.9 Å². The summed E-state index contributed by atoms with van der Waals surface area (Å²) in [6.07, 6.45) is 4.99. The van der Waals surface area contributed by atoms with E-state index < -0.39 is 6.10 Å². The summed E-state index contributed by atoms with van der Waals surface area (Å²) in [4.78, 5) is 3.80. The van der Waals surface area contributed by atoms with Crippen LogP contribution in [0.25, 0.3) is 0 Å². The van der Waals surface area contributed by atoms with E-state index in [0.29, 0.717) is 5.76 Å². The fourth-order valence-electron chi connectivity index (χ4n) is 2.21. The Morgan fingerprint density at radius 3 is 2.75 bits per heavy atom. The van der Waals surface area contributed by atoms with Gasteiger partial charge in [-0.3, -0.25) is 0 Å². The van der Waals surface area contributed by atoms with Crippen LogP contribution >= 0.6 is 0 Å². The molecule has 0 radical (unpaired) electrons. The highest BCUT2D eigenvalue weighted by Gasteiger charge is 2.16. The number of nitrogens with zero attached hydrogens (tertiary/aromatic N) is 1. The highest BCUT2D eigenvalue weighted by atomic mass is 16.7. The summed E-state index contributed by atoms with van der Waals surface area (Å²) < 4.78 is 16.4. The molecule has 20 heavy (non-hydrogen) atoms. The molecule has 0 aliphatic carbocycles. The first-order chi connectivity index (χ1) is 9.83. The molecule has 1 fully saturated rings. The highest BCUT2D eigenvalue weighted by molar-refractivity contribution is 5.31. The molecule has 5 nitrogen and oxygen atoms in total. The zero-order chi connectivity index (χ0) is 13.8. The summed E-state index contributed by atoms with van der Waals surface area (Å²) in [5.41, 5.74) is 0.735.